The number of hydrogen-bond acceptors (Lipinski definition) is 4. The van der Waals surface area contributed by atoms with Crippen molar-refractivity contribution in [3.8, 4) is 0 Å². The van der Waals surface area contributed by atoms with Gasteiger partial charge in [-0.1, -0.05) is 6.07 Å². The first-order chi connectivity index (χ1) is 9.24. The number of nitrogens with one attached hydrogen (secondary N) is 1. The summed E-state index contributed by atoms with van der Waals surface area (Å²) in [6.07, 6.45) is 3.61. The molecule has 108 valence electrons. The van der Waals surface area contributed by atoms with Crippen molar-refractivity contribution in [2.24, 2.45) is 5.41 Å². The third kappa shape index (κ3) is 4.56. The molecule has 4 heteroatoms. The summed E-state index contributed by atoms with van der Waals surface area (Å²) in [6, 6.07) is 4.37. The van der Waals surface area contributed by atoms with Crippen molar-refractivity contribution in [1.29, 1.82) is 0 Å². The predicted molar refractivity (Wildman–Crippen MR) is 81.9 cm³/mol. The molecule has 2 heterocycles. The molecule has 1 saturated heterocycles. The Labute approximate surface area is 121 Å². The van der Waals surface area contributed by atoms with Gasteiger partial charge in [-0.3, -0.25) is 0 Å². The van der Waals surface area contributed by atoms with E-state index in [4.69, 9.17) is 4.74 Å². The molecule has 1 aliphatic rings. The van der Waals surface area contributed by atoms with Gasteiger partial charge >= 0.3 is 0 Å². The van der Waals surface area contributed by atoms with Crippen molar-refractivity contribution in [3.63, 3.8) is 0 Å². The van der Waals surface area contributed by atoms with E-state index in [0.29, 0.717) is 5.41 Å². The number of likely N-dealkylation sites (N-methyl/N-ethyl adjacent to an activating group) is 1. The minimum Gasteiger partial charge on any atom is -0.384 e. The van der Waals surface area contributed by atoms with Crippen LogP contribution in [-0.2, 0) is 11.2 Å². The van der Waals surface area contributed by atoms with Crippen molar-refractivity contribution >= 4 is 11.3 Å². The molecule has 0 bridgehead atoms. The van der Waals surface area contributed by atoms with Gasteiger partial charge in [-0.2, -0.15) is 0 Å². The van der Waals surface area contributed by atoms with Crippen LogP contribution < -0.4 is 5.32 Å². The molecule has 3 nitrogen and oxygen atoms in total. The maximum atomic E-state index is 5.48. The third-order valence-corrected chi connectivity index (χ3v) is 4.98. The van der Waals surface area contributed by atoms with Gasteiger partial charge in [0.25, 0.3) is 0 Å². The standard InChI is InChI=1S/C15H26N2OS/c1-17(10-5-14-4-3-11-19-14)12-15(13-18-2)6-8-16-9-7-15/h3-4,11,16H,5-10,12-13H2,1-2H3. The predicted octanol–water partition coefficient (Wildman–Crippen LogP) is 2.24. The fourth-order valence-corrected chi connectivity index (χ4v) is 3.72. The summed E-state index contributed by atoms with van der Waals surface area (Å²) in [5.74, 6) is 0. The molecule has 1 aliphatic heterocycles. The normalized spacial score (nSPS) is 18.9. The van der Waals surface area contributed by atoms with E-state index in [1.165, 1.54) is 17.7 Å². The van der Waals surface area contributed by atoms with Crippen molar-refractivity contribution in [2.45, 2.75) is 19.3 Å². The van der Waals surface area contributed by atoms with E-state index in [0.717, 1.165) is 39.2 Å². The summed E-state index contributed by atoms with van der Waals surface area (Å²) in [4.78, 5) is 3.96. The molecule has 0 amide bonds. The lowest BCUT2D eigenvalue weighted by molar-refractivity contribution is 0.0288. The summed E-state index contributed by atoms with van der Waals surface area (Å²) < 4.78 is 5.48. The number of nitrogens with zero attached hydrogens (tertiary/aromatic N) is 1. The number of hydrogen-bond donors (Lipinski definition) is 1. The van der Waals surface area contributed by atoms with Crippen LogP contribution in [0.15, 0.2) is 17.5 Å². The van der Waals surface area contributed by atoms with Crippen molar-refractivity contribution < 1.29 is 4.74 Å². The summed E-state index contributed by atoms with van der Waals surface area (Å²) >= 11 is 1.86. The Hall–Kier alpha value is -0.420. The number of rotatable bonds is 7. The fourth-order valence-electron chi connectivity index (χ4n) is 3.02. The van der Waals surface area contributed by atoms with Gasteiger partial charge in [0.05, 0.1) is 6.61 Å². The van der Waals surface area contributed by atoms with Crippen molar-refractivity contribution in [1.82, 2.24) is 10.2 Å². The molecule has 19 heavy (non-hydrogen) atoms. The molecule has 0 spiro atoms. The minimum absolute atomic E-state index is 0.351. The fraction of sp³-hybridized carbons (Fsp3) is 0.733. The van der Waals surface area contributed by atoms with Crippen LogP contribution in [0.2, 0.25) is 0 Å². The lowest BCUT2D eigenvalue weighted by atomic mass is 9.79. The first kappa shape index (κ1) is 15.0. The number of methoxy groups -OCH3 is 1. The molecule has 0 unspecified atom stereocenters. The molecule has 1 fully saturated rings. The van der Waals surface area contributed by atoms with E-state index in [-0.39, 0.29) is 0 Å². The van der Waals surface area contributed by atoms with Gasteiger partial charge in [0.2, 0.25) is 0 Å². The highest BCUT2D eigenvalue weighted by Gasteiger charge is 2.33. The SMILES string of the molecule is COCC1(CN(C)CCc2cccs2)CCNCC1. The van der Waals surface area contributed by atoms with Crippen LogP contribution in [0, 0.1) is 5.41 Å². The van der Waals surface area contributed by atoms with Crippen LogP contribution >= 0.6 is 11.3 Å². The number of thiophene rings is 1. The summed E-state index contributed by atoms with van der Waals surface area (Å²) in [6.45, 7) is 5.43. The zero-order valence-corrected chi connectivity index (χ0v) is 13.0. The molecule has 0 aliphatic carbocycles. The Morgan fingerprint density at radius 2 is 2.21 bits per heavy atom. The van der Waals surface area contributed by atoms with Crippen LogP contribution in [0.25, 0.3) is 0 Å². The highest BCUT2D eigenvalue weighted by molar-refractivity contribution is 7.09. The van der Waals surface area contributed by atoms with Crippen LogP contribution in [0.1, 0.15) is 17.7 Å². The highest BCUT2D eigenvalue weighted by Crippen LogP contribution is 2.30. The van der Waals surface area contributed by atoms with E-state index in [1.807, 2.05) is 18.4 Å². The first-order valence-corrected chi connectivity index (χ1v) is 8.03. The van der Waals surface area contributed by atoms with E-state index < -0.39 is 0 Å². The Bertz CT molecular complexity index is 342. The Balaban J connectivity index is 1.82. The molecular weight excluding hydrogens is 256 g/mol. The van der Waals surface area contributed by atoms with Crippen LogP contribution in [0.5, 0.6) is 0 Å². The maximum absolute atomic E-state index is 5.48. The zero-order chi connectivity index (χ0) is 13.6. The largest absolute Gasteiger partial charge is 0.384 e. The van der Waals surface area contributed by atoms with Crippen LogP contribution in [-0.4, -0.2) is 51.8 Å². The molecule has 0 saturated carbocycles. The van der Waals surface area contributed by atoms with Crippen molar-refractivity contribution in [3.05, 3.63) is 22.4 Å². The summed E-state index contributed by atoms with van der Waals surface area (Å²) in [5, 5.41) is 5.61. The van der Waals surface area contributed by atoms with E-state index >= 15 is 0 Å². The van der Waals surface area contributed by atoms with E-state index in [1.54, 1.807) is 0 Å². The van der Waals surface area contributed by atoms with Crippen LogP contribution in [0.4, 0.5) is 0 Å². The van der Waals surface area contributed by atoms with Crippen molar-refractivity contribution in [2.75, 3.05) is 46.9 Å². The zero-order valence-electron chi connectivity index (χ0n) is 12.2. The summed E-state index contributed by atoms with van der Waals surface area (Å²) in [7, 11) is 4.07. The second kappa shape index (κ2) is 7.39. The highest BCUT2D eigenvalue weighted by atomic mass is 32.1. The smallest absolute Gasteiger partial charge is 0.0531 e. The van der Waals surface area contributed by atoms with Gasteiger partial charge in [0.15, 0.2) is 0 Å². The van der Waals surface area contributed by atoms with Gasteiger partial charge < -0.3 is 15.0 Å². The van der Waals surface area contributed by atoms with Crippen LogP contribution in [0.3, 0.4) is 0 Å². The molecule has 0 atom stereocenters. The number of ether oxygens (including phenoxy) is 1. The summed E-state index contributed by atoms with van der Waals surface area (Å²) in [5.41, 5.74) is 0.351. The Morgan fingerprint density at radius 3 is 2.84 bits per heavy atom. The van der Waals surface area contributed by atoms with Gasteiger partial charge in [-0.05, 0) is 50.8 Å². The van der Waals surface area contributed by atoms with Gasteiger partial charge in [-0.25, -0.2) is 0 Å². The average Bonchev–Trinajstić information content (AvgIpc) is 2.91. The minimum atomic E-state index is 0.351. The third-order valence-electron chi connectivity index (χ3n) is 4.04. The second-order valence-electron chi connectivity index (χ2n) is 5.75. The quantitative estimate of drug-likeness (QED) is 0.830. The Morgan fingerprint density at radius 1 is 1.42 bits per heavy atom. The molecule has 2 rings (SSSR count). The van der Waals surface area contributed by atoms with Gasteiger partial charge in [0.1, 0.15) is 0 Å². The van der Waals surface area contributed by atoms with E-state index in [2.05, 4.69) is 34.8 Å². The molecule has 1 aromatic rings. The topological polar surface area (TPSA) is 24.5 Å². The van der Waals surface area contributed by atoms with Gasteiger partial charge in [0, 0.05) is 30.5 Å². The van der Waals surface area contributed by atoms with Gasteiger partial charge in [-0.15, -0.1) is 11.3 Å². The monoisotopic (exact) mass is 282 g/mol. The molecule has 1 N–H and O–H groups in total. The lowest BCUT2D eigenvalue weighted by Crippen LogP contribution is -2.46. The second-order valence-corrected chi connectivity index (χ2v) is 6.78. The molecule has 0 aromatic carbocycles. The first-order valence-electron chi connectivity index (χ1n) is 7.15. The molecule has 0 radical (unpaired) electrons. The maximum Gasteiger partial charge on any atom is 0.0531 e. The average molecular weight is 282 g/mol. The molecule has 1 aromatic heterocycles. The lowest BCUT2D eigenvalue weighted by Gasteiger charge is -2.40. The molecular formula is C15H26N2OS. The van der Waals surface area contributed by atoms with E-state index in [9.17, 15) is 0 Å². The Kier molecular flexibility index (Phi) is 5.82. The number of piperidine rings is 1.